The molecule has 0 amide bonds. The molecule has 1 atom stereocenters. The summed E-state index contributed by atoms with van der Waals surface area (Å²) in [4.78, 5) is 32.4. The van der Waals surface area contributed by atoms with Crippen molar-refractivity contribution in [3.63, 3.8) is 0 Å². The Labute approximate surface area is 244 Å². The first kappa shape index (κ1) is 27.9. The summed E-state index contributed by atoms with van der Waals surface area (Å²) in [6, 6.07) is 15.3. The van der Waals surface area contributed by atoms with Gasteiger partial charge in [-0.25, -0.2) is 9.79 Å². The molecule has 9 heteroatoms. The minimum absolute atomic E-state index is 0.213. The Kier molecular flexibility index (Phi) is 7.70. The highest BCUT2D eigenvalue weighted by molar-refractivity contribution is 9.10. The molecular weight excluding hydrogens is 590 g/mol. The lowest BCUT2D eigenvalue weighted by molar-refractivity contribution is -0.139. The maximum absolute atomic E-state index is 14.0. The first-order valence-electron chi connectivity index (χ1n) is 12.9. The van der Waals surface area contributed by atoms with Crippen molar-refractivity contribution in [3.05, 3.63) is 112 Å². The summed E-state index contributed by atoms with van der Waals surface area (Å²) in [5.74, 6) is 0.162. The molecule has 0 radical (unpaired) electrons. The standard InChI is InChI=1S/C31H30BrN3O4S/c1-7-39-30(37)27-19(4)33-31-35(28(27)21-11-12-25(38-6)24(32)15-21)29(36)26(40-31)16-22-14-18(3)34(20(22)5)23-10-8-9-17(2)13-23/h8-16,28H,7H2,1-6H3/b26-16+/t28-/m0/s1. The lowest BCUT2D eigenvalue weighted by atomic mass is 9.96. The van der Waals surface area contributed by atoms with Gasteiger partial charge in [-0.2, -0.15) is 0 Å². The van der Waals surface area contributed by atoms with Crippen molar-refractivity contribution in [2.24, 2.45) is 4.99 Å². The van der Waals surface area contributed by atoms with Gasteiger partial charge in [-0.15, -0.1) is 0 Å². The second-order valence-electron chi connectivity index (χ2n) is 9.70. The Morgan fingerprint density at radius 3 is 2.58 bits per heavy atom. The summed E-state index contributed by atoms with van der Waals surface area (Å²) in [6.07, 6.45) is 1.92. The first-order valence-corrected chi connectivity index (χ1v) is 14.5. The van der Waals surface area contributed by atoms with Crippen LogP contribution in [0.15, 0.2) is 74.1 Å². The molecule has 0 saturated carbocycles. The number of hydrogen-bond acceptors (Lipinski definition) is 6. The molecule has 0 fully saturated rings. The van der Waals surface area contributed by atoms with Crippen LogP contribution in [0.3, 0.4) is 0 Å². The molecule has 0 unspecified atom stereocenters. The van der Waals surface area contributed by atoms with Crippen LogP contribution < -0.4 is 19.6 Å². The Morgan fingerprint density at radius 2 is 1.90 bits per heavy atom. The fraction of sp³-hybridized carbons (Fsp3) is 0.258. The van der Waals surface area contributed by atoms with Crippen LogP contribution in [0.4, 0.5) is 0 Å². The number of benzene rings is 2. The number of thiazole rings is 1. The van der Waals surface area contributed by atoms with Gasteiger partial charge in [0.05, 0.1) is 40.0 Å². The average molecular weight is 621 g/mol. The van der Waals surface area contributed by atoms with E-state index in [9.17, 15) is 9.59 Å². The van der Waals surface area contributed by atoms with E-state index in [1.54, 1.807) is 25.5 Å². The molecular formula is C31H30BrN3O4S. The van der Waals surface area contributed by atoms with E-state index in [1.807, 2.05) is 30.3 Å². The Hall–Kier alpha value is -3.69. The van der Waals surface area contributed by atoms with Crippen LogP contribution in [-0.2, 0) is 9.53 Å². The van der Waals surface area contributed by atoms with Crippen molar-refractivity contribution < 1.29 is 14.3 Å². The highest BCUT2D eigenvalue weighted by Crippen LogP contribution is 2.35. The number of aromatic nitrogens is 2. The van der Waals surface area contributed by atoms with Crippen LogP contribution >= 0.6 is 27.3 Å². The lowest BCUT2D eigenvalue weighted by Gasteiger charge is -2.25. The van der Waals surface area contributed by atoms with Gasteiger partial charge in [0.25, 0.3) is 5.56 Å². The number of allylic oxidation sites excluding steroid dienone is 1. The molecule has 0 N–H and O–H groups in total. The molecule has 0 saturated heterocycles. The highest BCUT2D eigenvalue weighted by atomic mass is 79.9. The number of carbonyl (C=O) groups is 1. The van der Waals surface area contributed by atoms with Crippen LogP contribution in [0.2, 0.25) is 0 Å². The van der Waals surface area contributed by atoms with E-state index in [2.05, 4.69) is 70.5 Å². The van der Waals surface area contributed by atoms with Gasteiger partial charge in [0.1, 0.15) is 5.75 Å². The quantitative estimate of drug-likeness (QED) is 0.275. The number of methoxy groups -OCH3 is 1. The summed E-state index contributed by atoms with van der Waals surface area (Å²) in [6.45, 7) is 9.95. The zero-order chi connectivity index (χ0) is 28.7. The van der Waals surface area contributed by atoms with E-state index in [0.29, 0.717) is 26.4 Å². The molecule has 0 spiro atoms. The Balaban J connectivity index is 1.70. The smallest absolute Gasteiger partial charge is 0.338 e. The third-order valence-electron chi connectivity index (χ3n) is 7.03. The normalized spacial score (nSPS) is 15.2. The van der Waals surface area contributed by atoms with Gasteiger partial charge < -0.3 is 14.0 Å². The largest absolute Gasteiger partial charge is 0.496 e. The summed E-state index contributed by atoms with van der Waals surface area (Å²) >= 11 is 4.87. The molecule has 40 heavy (non-hydrogen) atoms. The summed E-state index contributed by atoms with van der Waals surface area (Å²) in [5, 5.41) is 0. The van der Waals surface area contributed by atoms with Crippen molar-refractivity contribution in [1.29, 1.82) is 0 Å². The zero-order valence-electron chi connectivity index (χ0n) is 23.2. The number of rotatable bonds is 6. The number of carbonyl (C=O) groups excluding carboxylic acids is 1. The molecule has 206 valence electrons. The van der Waals surface area contributed by atoms with E-state index >= 15 is 0 Å². The number of nitrogens with zero attached hydrogens (tertiary/aromatic N) is 3. The predicted octanol–water partition coefficient (Wildman–Crippen LogP) is 5.29. The number of halogens is 1. The van der Waals surface area contributed by atoms with Crippen LogP contribution in [-0.4, -0.2) is 28.8 Å². The summed E-state index contributed by atoms with van der Waals surface area (Å²) < 4.78 is 15.9. The van der Waals surface area contributed by atoms with E-state index in [1.165, 1.54) is 16.9 Å². The number of ether oxygens (including phenoxy) is 2. The molecule has 5 rings (SSSR count). The van der Waals surface area contributed by atoms with Crippen molar-refractivity contribution in [2.45, 2.75) is 40.7 Å². The molecule has 0 bridgehead atoms. The van der Waals surface area contributed by atoms with E-state index in [4.69, 9.17) is 9.47 Å². The SMILES string of the molecule is CCOC(=O)C1=C(C)N=c2s/c(=C/c3cc(C)n(-c4cccc(C)c4)c3C)c(=O)n2[C@H]1c1ccc(OC)c(Br)c1. The lowest BCUT2D eigenvalue weighted by Crippen LogP contribution is -2.40. The minimum Gasteiger partial charge on any atom is -0.496 e. The zero-order valence-corrected chi connectivity index (χ0v) is 25.6. The van der Waals surface area contributed by atoms with Gasteiger partial charge in [0.2, 0.25) is 0 Å². The summed E-state index contributed by atoms with van der Waals surface area (Å²) in [7, 11) is 1.59. The van der Waals surface area contributed by atoms with Crippen LogP contribution in [0, 0.1) is 20.8 Å². The van der Waals surface area contributed by atoms with Gasteiger partial charge >= 0.3 is 5.97 Å². The van der Waals surface area contributed by atoms with Gasteiger partial charge in [-0.1, -0.05) is 29.5 Å². The Morgan fingerprint density at radius 1 is 1.12 bits per heavy atom. The maximum Gasteiger partial charge on any atom is 0.338 e. The van der Waals surface area contributed by atoms with E-state index in [-0.39, 0.29) is 12.2 Å². The first-order chi connectivity index (χ1) is 19.1. The van der Waals surface area contributed by atoms with E-state index in [0.717, 1.165) is 32.7 Å². The molecule has 7 nitrogen and oxygen atoms in total. The molecule has 1 aliphatic heterocycles. The van der Waals surface area contributed by atoms with Gasteiger partial charge in [-0.05, 0) is 104 Å². The highest BCUT2D eigenvalue weighted by Gasteiger charge is 2.33. The van der Waals surface area contributed by atoms with Crippen molar-refractivity contribution in [1.82, 2.24) is 9.13 Å². The van der Waals surface area contributed by atoms with Gasteiger partial charge in [0, 0.05) is 17.1 Å². The molecule has 0 aliphatic carbocycles. The Bertz CT molecular complexity index is 1860. The summed E-state index contributed by atoms with van der Waals surface area (Å²) in [5.41, 5.74) is 6.72. The third-order valence-corrected chi connectivity index (χ3v) is 8.63. The van der Waals surface area contributed by atoms with Crippen LogP contribution in [0.5, 0.6) is 5.75 Å². The second kappa shape index (κ2) is 11.1. The molecule has 4 aromatic rings. The molecule has 2 aromatic heterocycles. The number of hydrogen-bond donors (Lipinski definition) is 0. The van der Waals surface area contributed by atoms with E-state index < -0.39 is 12.0 Å². The van der Waals surface area contributed by atoms with Gasteiger partial charge in [0.15, 0.2) is 4.80 Å². The third kappa shape index (κ3) is 4.88. The molecule has 3 heterocycles. The second-order valence-corrected chi connectivity index (χ2v) is 11.6. The number of aryl methyl sites for hydroxylation is 2. The fourth-order valence-corrected chi connectivity index (χ4v) is 6.79. The average Bonchev–Trinajstić information content (AvgIpc) is 3.37. The van der Waals surface area contributed by atoms with Gasteiger partial charge in [-0.3, -0.25) is 9.36 Å². The van der Waals surface area contributed by atoms with Crippen molar-refractivity contribution >= 4 is 39.3 Å². The van der Waals surface area contributed by atoms with Crippen molar-refractivity contribution in [3.8, 4) is 11.4 Å². The molecule has 1 aliphatic rings. The monoisotopic (exact) mass is 619 g/mol. The van der Waals surface area contributed by atoms with Crippen LogP contribution in [0.25, 0.3) is 11.8 Å². The topological polar surface area (TPSA) is 74.8 Å². The minimum atomic E-state index is -0.695. The molecule has 2 aromatic carbocycles. The maximum atomic E-state index is 14.0. The number of fused-ring (bicyclic) bond motifs is 1. The fourth-order valence-electron chi connectivity index (χ4n) is 5.20. The number of esters is 1. The van der Waals surface area contributed by atoms with Crippen molar-refractivity contribution in [2.75, 3.05) is 13.7 Å². The van der Waals surface area contributed by atoms with Crippen LogP contribution in [0.1, 0.15) is 48.0 Å². The predicted molar refractivity (Wildman–Crippen MR) is 161 cm³/mol.